The first-order valence-electron chi connectivity index (χ1n) is 4.56. The summed E-state index contributed by atoms with van der Waals surface area (Å²) in [6.45, 7) is 0.131. The maximum atomic E-state index is 13.5. The van der Waals surface area contributed by atoms with E-state index in [0.29, 0.717) is 16.1 Å². The van der Waals surface area contributed by atoms with Gasteiger partial charge in [0, 0.05) is 17.3 Å². The first-order valence-corrected chi connectivity index (χ1v) is 4.94. The van der Waals surface area contributed by atoms with E-state index < -0.39 is 5.82 Å². The molecule has 2 aromatic rings. The fourth-order valence-electron chi connectivity index (χ4n) is 1.43. The van der Waals surface area contributed by atoms with E-state index in [9.17, 15) is 4.39 Å². The first kappa shape index (κ1) is 10.7. The van der Waals surface area contributed by atoms with Crippen molar-refractivity contribution in [2.24, 2.45) is 0 Å². The van der Waals surface area contributed by atoms with E-state index >= 15 is 0 Å². The second-order valence-corrected chi connectivity index (χ2v) is 3.59. The van der Waals surface area contributed by atoms with Crippen LogP contribution in [-0.4, -0.2) is 9.78 Å². The van der Waals surface area contributed by atoms with Gasteiger partial charge in [-0.05, 0) is 12.1 Å². The van der Waals surface area contributed by atoms with Gasteiger partial charge in [-0.1, -0.05) is 17.7 Å². The summed E-state index contributed by atoms with van der Waals surface area (Å²) >= 11 is 5.91. The Morgan fingerprint density at radius 1 is 1.50 bits per heavy atom. The molecule has 0 aliphatic carbocycles. The molecule has 0 unspecified atom stereocenters. The Labute approximate surface area is 96.7 Å². The molecular formula is C11H7ClFN3. The van der Waals surface area contributed by atoms with Crippen LogP contribution in [0.3, 0.4) is 0 Å². The van der Waals surface area contributed by atoms with Gasteiger partial charge in [-0.15, -0.1) is 0 Å². The molecule has 0 radical (unpaired) electrons. The summed E-state index contributed by atoms with van der Waals surface area (Å²) in [5.74, 6) is -0.399. The third-order valence-electron chi connectivity index (χ3n) is 2.12. The molecule has 16 heavy (non-hydrogen) atoms. The van der Waals surface area contributed by atoms with Crippen LogP contribution in [0.15, 0.2) is 30.6 Å². The molecule has 0 aliphatic rings. The molecule has 5 heteroatoms. The minimum atomic E-state index is -0.399. The molecule has 1 aromatic carbocycles. The summed E-state index contributed by atoms with van der Waals surface area (Å²) in [6, 6.07) is 6.44. The smallest absolute Gasteiger partial charge is 0.132 e. The van der Waals surface area contributed by atoms with Crippen molar-refractivity contribution >= 4 is 11.6 Å². The van der Waals surface area contributed by atoms with Crippen LogP contribution in [0.25, 0.3) is 11.1 Å². The standard InChI is InChI=1S/C11H7ClFN3/c12-9-2-1-3-10(13)11(9)8-6-15-16(7-8)5-4-14/h1-3,6-7H,5H2. The van der Waals surface area contributed by atoms with Crippen LogP contribution < -0.4 is 0 Å². The fraction of sp³-hybridized carbons (Fsp3) is 0.0909. The number of hydrogen-bond acceptors (Lipinski definition) is 2. The number of benzene rings is 1. The minimum absolute atomic E-state index is 0.131. The third kappa shape index (κ3) is 1.90. The molecule has 0 amide bonds. The van der Waals surface area contributed by atoms with Crippen molar-refractivity contribution < 1.29 is 4.39 Å². The van der Waals surface area contributed by atoms with Gasteiger partial charge in [0.1, 0.15) is 12.4 Å². The third-order valence-corrected chi connectivity index (χ3v) is 2.43. The Kier molecular flexibility index (Phi) is 2.88. The van der Waals surface area contributed by atoms with Crippen LogP contribution >= 0.6 is 11.6 Å². The number of nitrogens with zero attached hydrogens (tertiary/aromatic N) is 3. The molecule has 2 rings (SSSR count). The molecule has 1 aromatic heterocycles. The summed E-state index contributed by atoms with van der Waals surface area (Å²) in [7, 11) is 0. The molecule has 0 bridgehead atoms. The zero-order valence-electron chi connectivity index (χ0n) is 8.19. The number of aromatic nitrogens is 2. The molecule has 0 N–H and O–H groups in total. The second-order valence-electron chi connectivity index (χ2n) is 3.18. The lowest BCUT2D eigenvalue weighted by Gasteiger charge is -2.01. The van der Waals surface area contributed by atoms with Gasteiger partial charge < -0.3 is 0 Å². The summed E-state index contributed by atoms with van der Waals surface area (Å²) in [4.78, 5) is 0. The highest BCUT2D eigenvalue weighted by Crippen LogP contribution is 2.29. The van der Waals surface area contributed by atoms with Crippen molar-refractivity contribution in [1.82, 2.24) is 9.78 Å². The normalized spacial score (nSPS) is 10.1. The van der Waals surface area contributed by atoms with E-state index in [1.54, 1.807) is 18.3 Å². The van der Waals surface area contributed by atoms with Crippen LogP contribution in [0.1, 0.15) is 0 Å². The largest absolute Gasteiger partial charge is 0.258 e. The van der Waals surface area contributed by atoms with Crippen LogP contribution in [0.2, 0.25) is 5.02 Å². The zero-order chi connectivity index (χ0) is 11.5. The van der Waals surface area contributed by atoms with Gasteiger partial charge in [0.15, 0.2) is 0 Å². The van der Waals surface area contributed by atoms with Crippen molar-refractivity contribution in [2.75, 3.05) is 0 Å². The monoisotopic (exact) mass is 235 g/mol. The Bertz CT molecular complexity index is 536. The summed E-state index contributed by atoms with van der Waals surface area (Å²) < 4.78 is 15.0. The van der Waals surface area contributed by atoms with E-state index in [4.69, 9.17) is 16.9 Å². The Balaban J connectivity index is 2.47. The van der Waals surface area contributed by atoms with Gasteiger partial charge in [0.2, 0.25) is 0 Å². The Morgan fingerprint density at radius 3 is 3.00 bits per heavy atom. The van der Waals surface area contributed by atoms with Crippen molar-refractivity contribution in [1.29, 1.82) is 5.26 Å². The molecule has 0 atom stereocenters. The summed E-state index contributed by atoms with van der Waals surface area (Å²) in [5.41, 5.74) is 0.881. The van der Waals surface area contributed by atoms with Gasteiger partial charge in [-0.2, -0.15) is 10.4 Å². The minimum Gasteiger partial charge on any atom is -0.258 e. The van der Waals surface area contributed by atoms with Gasteiger partial charge in [-0.3, -0.25) is 4.68 Å². The van der Waals surface area contributed by atoms with Crippen molar-refractivity contribution in [3.05, 3.63) is 41.4 Å². The maximum Gasteiger partial charge on any atom is 0.132 e. The predicted octanol–water partition coefficient (Wildman–Crippen LogP) is 2.87. The number of hydrogen-bond donors (Lipinski definition) is 0. The van der Waals surface area contributed by atoms with E-state index in [2.05, 4.69) is 5.10 Å². The zero-order valence-corrected chi connectivity index (χ0v) is 8.95. The van der Waals surface area contributed by atoms with E-state index in [1.165, 1.54) is 16.9 Å². The molecule has 1 heterocycles. The van der Waals surface area contributed by atoms with Crippen molar-refractivity contribution in [2.45, 2.75) is 6.54 Å². The quantitative estimate of drug-likeness (QED) is 0.803. The average molecular weight is 236 g/mol. The van der Waals surface area contributed by atoms with Crippen LogP contribution in [0.5, 0.6) is 0 Å². The summed E-state index contributed by atoms with van der Waals surface area (Å²) in [5, 5.41) is 12.8. The molecule has 0 fully saturated rings. The lowest BCUT2D eigenvalue weighted by atomic mass is 10.1. The highest BCUT2D eigenvalue weighted by Gasteiger charge is 2.11. The molecule has 0 saturated carbocycles. The average Bonchev–Trinajstić information content (AvgIpc) is 2.67. The topological polar surface area (TPSA) is 41.6 Å². The van der Waals surface area contributed by atoms with Crippen LogP contribution in [-0.2, 0) is 6.54 Å². The highest BCUT2D eigenvalue weighted by molar-refractivity contribution is 6.33. The Hall–Kier alpha value is -1.86. The molecule has 0 aliphatic heterocycles. The van der Waals surface area contributed by atoms with Crippen LogP contribution in [0, 0.1) is 17.1 Å². The SMILES string of the molecule is N#CCn1cc(-c2c(F)cccc2Cl)cn1. The highest BCUT2D eigenvalue weighted by atomic mass is 35.5. The molecule has 3 nitrogen and oxygen atoms in total. The lowest BCUT2D eigenvalue weighted by Crippen LogP contribution is -1.94. The fourth-order valence-corrected chi connectivity index (χ4v) is 1.70. The molecule has 0 spiro atoms. The first-order chi connectivity index (χ1) is 7.72. The van der Waals surface area contributed by atoms with Gasteiger partial charge >= 0.3 is 0 Å². The number of halogens is 2. The molecule has 80 valence electrons. The van der Waals surface area contributed by atoms with Crippen molar-refractivity contribution in [3.8, 4) is 17.2 Å². The van der Waals surface area contributed by atoms with E-state index in [-0.39, 0.29) is 6.54 Å². The predicted molar refractivity (Wildman–Crippen MR) is 58.2 cm³/mol. The lowest BCUT2D eigenvalue weighted by molar-refractivity contribution is 0.631. The van der Waals surface area contributed by atoms with Gasteiger partial charge in [0.05, 0.1) is 17.3 Å². The van der Waals surface area contributed by atoms with Crippen molar-refractivity contribution in [3.63, 3.8) is 0 Å². The van der Waals surface area contributed by atoms with E-state index in [0.717, 1.165) is 0 Å². The molecule has 0 saturated heterocycles. The summed E-state index contributed by atoms with van der Waals surface area (Å²) in [6.07, 6.45) is 3.08. The van der Waals surface area contributed by atoms with Gasteiger partial charge in [-0.25, -0.2) is 4.39 Å². The number of nitriles is 1. The maximum absolute atomic E-state index is 13.5. The van der Waals surface area contributed by atoms with Gasteiger partial charge in [0.25, 0.3) is 0 Å². The Morgan fingerprint density at radius 2 is 2.31 bits per heavy atom. The second kappa shape index (κ2) is 4.33. The van der Waals surface area contributed by atoms with Crippen LogP contribution in [0.4, 0.5) is 4.39 Å². The number of rotatable bonds is 2. The van der Waals surface area contributed by atoms with E-state index in [1.807, 2.05) is 6.07 Å². The molecular weight excluding hydrogens is 229 g/mol.